The van der Waals surface area contributed by atoms with Gasteiger partial charge in [0.1, 0.15) is 5.78 Å². The van der Waals surface area contributed by atoms with Crippen LogP contribution in [0.3, 0.4) is 0 Å². The predicted octanol–water partition coefficient (Wildman–Crippen LogP) is 2.65. The highest BCUT2D eigenvalue weighted by molar-refractivity contribution is 5.78. The molecular weight excluding hydrogens is 162 g/mol. The van der Waals surface area contributed by atoms with E-state index in [9.17, 15) is 4.79 Å². The summed E-state index contributed by atoms with van der Waals surface area (Å²) in [5.41, 5.74) is 5.68. The van der Waals surface area contributed by atoms with Crippen LogP contribution in [-0.4, -0.2) is 11.8 Å². The minimum atomic E-state index is 0.0821. The normalized spacial score (nSPS) is 12.8. The fourth-order valence-electron chi connectivity index (χ4n) is 1.29. The van der Waals surface area contributed by atoms with Gasteiger partial charge in [-0.25, -0.2) is 0 Å². The molecule has 2 N–H and O–H groups in total. The molecule has 2 nitrogen and oxygen atoms in total. The Balaban J connectivity index is 3.30. The van der Waals surface area contributed by atoms with Crippen LogP contribution in [0.4, 0.5) is 0 Å². The highest BCUT2D eigenvalue weighted by Crippen LogP contribution is 2.06. The van der Waals surface area contributed by atoms with Gasteiger partial charge in [-0.3, -0.25) is 4.79 Å². The first-order chi connectivity index (χ1) is 6.20. The highest BCUT2D eigenvalue weighted by atomic mass is 16.1. The number of hydrogen-bond acceptors (Lipinski definition) is 2. The number of hydrogen-bond donors (Lipinski definition) is 1. The van der Waals surface area contributed by atoms with Crippen molar-refractivity contribution in [1.82, 2.24) is 0 Å². The summed E-state index contributed by atoms with van der Waals surface area (Å²) in [7, 11) is 0. The van der Waals surface area contributed by atoms with Gasteiger partial charge >= 0.3 is 0 Å². The second kappa shape index (κ2) is 8.24. The van der Waals surface area contributed by atoms with Crippen molar-refractivity contribution in [2.24, 2.45) is 5.73 Å². The number of ketones is 1. The summed E-state index contributed by atoms with van der Waals surface area (Å²) in [4.78, 5) is 11.3. The number of Topliss-reactive ketones (excluding diaryl/α,β-unsaturated/α-hetero) is 1. The minimum absolute atomic E-state index is 0.0821. The number of carbonyl (C=O) groups is 1. The van der Waals surface area contributed by atoms with Gasteiger partial charge in [-0.15, -0.1) is 0 Å². The van der Waals surface area contributed by atoms with E-state index < -0.39 is 0 Å². The maximum absolute atomic E-state index is 11.3. The van der Waals surface area contributed by atoms with Gasteiger partial charge in [0.15, 0.2) is 0 Å². The van der Waals surface area contributed by atoms with Crippen LogP contribution in [0, 0.1) is 0 Å². The van der Waals surface area contributed by atoms with Crippen molar-refractivity contribution in [2.45, 2.75) is 64.8 Å². The molecule has 2 heteroatoms. The van der Waals surface area contributed by atoms with Crippen molar-refractivity contribution in [3.63, 3.8) is 0 Å². The molecule has 0 aromatic heterocycles. The molecule has 0 spiro atoms. The van der Waals surface area contributed by atoms with Crippen molar-refractivity contribution < 1.29 is 4.79 Å². The topological polar surface area (TPSA) is 43.1 Å². The first-order valence-corrected chi connectivity index (χ1v) is 5.48. The molecule has 0 radical (unpaired) electrons. The Hall–Kier alpha value is -0.370. The van der Waals surface area contributed by atoms with Crippen LogP contribution in [0.5, 0.6) is 0 Å². The summed E-state index contributed by atoms with van der Waals surface area (Å²) >= 11 is 0. The Morgan fingerprint density at radius 2 is 1.92 bits per heavy atom. The second-order valence-corrected chi connectivity index (χ2v) is 3.72. The number of nitrogens with two attached hydrogens (primary N) is 1. The van der Waals surface area contributed by atoms with Crippen LogP contribution in [-0.2, 0) is 4.79 Å². The summed E-state index contributed by atoms with van der Waals surface area (Å²) in [5, 5.41) is 0. The van der Waals surface area contributed by atoms with Crippen molar-refractivity contribution in [1.29, 1.82) is 0 Å². The van der Waals surface area contributed by atoms with Gasteiger partial charge in [0.2, 0.25) is 0 Å². The smallest absolute Gasteiger partial charge is 0.134 e. The van der Waals surface area contributed by atoms with E-state index in [0.717, 1.165) is 19.3 Å². The van der Waals surface area contributed by atoms with Crippen LogP contribution in [0.15, 0.2) is 0 Å². The maximum Gasteiger partial charge on any atom is 0.134 e. The first kappa shape index (κ1) is 12.6. The van der Waals surface area contributed by atoms with Crippen LogP contribution >= 0.6 is 0 Å². The second-order valence-electron chi connectivity index (χ2n) is 3.72. The van der Waals surface area contributed by atoms with E-state index in [2.05, 4.69) is 6.92 Å². The highest BCUT2D eigenvalue weighted by Gasteiger charge is 2.06. The standard InChI is InChI=1S/C11H23NO/c1-3-5-6-7-8-11(13)9-10(12)4-2/h10H,3-9,12H2,1-2H3. The van der Waals surface area contributed by atoms with E-state index in [-0.39, 0.29) is 6.04 Å². The number of unbranched alkanes of at least 4 members (excludes halogenated alkanes) is 3. The van der Waals surface area contributed by atoms with E-state index in [1.54, 1.807) is 0 Å². The summed E-state index contributed by atoms with van der Waals surface area (Å²) in [6.07, 6.45) is 6.90. The van der Waals surface area contributed by atoms with Crippen molar-refractivity contribution >= 4 is 5.78 Å². The van der Waals surface area contributed by atoms with E-state index in [1.807, 2.05) is 6.92 Å². The number of rotatable bonds is 8. The Labute approximate surface area is 81.9 Å². The van der Waals surface area contributed by atoms with Gasteiger partial charge in [-0.1, -0.05) is 33.1 Å². The lowest BCUT2D eigenvalue weighted by Crippen LogP contribution is -2.22. The maximum atomic E-state index is 11.3. The summed E-state index contributed by atoms with van der Waals surface area (Å²) in [6.45, 7) is 4.20. The quantitative estimate of drug-likeness (QED) is 0.591. The third-order valence-corrected chi connectivity index (χ3v) is 2.32. The molecule has 0 aromatic carbocycles. The van der Waals surface area contributed by atoms with E-state index >= 15 is 0 Å². The predicted molar refractivity (Wildman–Crippen MR) is 56.6 cm³/mol. The molecule has 0 aliphatic carbocycles. The van der Waals surface area contributed by atoms with Crippen LogP contribution in [0.2, 0.25) is 0 Å². The lowest BCUT2D eigenvalue weighted by molar-refractivity contribution is -0.119. The summed E-state index contributed by atoms with van der Waals surface area (Å²) in [6, 6.07) is 0.0821. The van der Waals surface area contributed by atoms with Gasteiger partial charge < -0.3 is 5.73 Å². The van der Waals surface area contributed by atoms with Crippen LogP contribution in [0.1, 0.15) is 58.8 Å². The SMILES string of the molecule is CCCCCCC(=O)CC(N)CC. The molecule has 0 aliphatic heterocycles. The van der Waals surface area contributed by atoms with Crippen molar-refractivity contribution in [3.05, 3.63) is 0 Å². The third-order valence-electron chi connectivity index (χ3n) is 2.32. The lowest BCUT2D eigenvalue weighted by Gasteiger charge is -2.06. The fourth-order valence-corrected chi connectivity index (χ4v) is 1.29. The van der Waals surface area contributed by atoms with Crippen LogP contribution in [0.25, 0.3) is 0 Å². The van der Waals surface area contributed by atoms with E-state index in [4.69, 9.17) is 5.73 Å². The average molecular weight is 185 g/mol. The molecule has 0 saturated heterocycles. The monoisotopic (exact) mass is 185 g/mol. The molecule has 0 heterocycles. The van der Waals surface area contributed by atoms with Crippen LogP contribution < -0.4 is 5.73 Å². The molecular formula is C11H23NO. The molecule has 0 rings (SSSR count). The number of carbonyl (C=O) groups excluding carboxylic acids is 1. The fraction of sp³-hybridized carbons (Fsp3) is 0.909. The lowest BCUT2D eigenvalue weighted by atomic mass is 10.0. The molecule has 0 aromatic rings. The Bertz CT molecular complexity index is 134. The zero-order valence-corrected chi connectivity index (χ0v) is 9.01. The van der Waals surface area contributed by atoms with E-state index in [1.165, 1.54) is 19.3 Å². The Kier molecular flexibility index (Phi) is 8.00. The van der Waals surface area contributed by atoms with Gasteiger partial charge in [-0.2, -0.15) is 0 Å². The third kappa shape index (κ3) is 7.97. The Morgan fingerprint density at radius 1 is 1.23 bits per heavy atom. The Morgan fingerprint density at radius 3 is 2.46 bits per heavy atom. The van der Waals surface area contributed by atoms with E-state index in [0.29, 0.717) is 12.2 Å². The molecule has 13 heavy (non-hydrogen) atoms. The van der Waals surface area contributed by atoms with Gasteiger partial charge in [0.05, 0.1) is 0 Å². The first-order valence-electron chi connectivity index (χ1n) is 5.48. The van der Waals surface area contributed by atoms with Gasteiger partial charge in [-0.05, 0) is 12.8 Å². The molecule has 0 bridgehead atoms. The summed E-state index contributed by atoms with van der Waals surface area (Å²) < 4.78 is 0. The molecule has 1 unspecified atom stereocenters. The molecule has 0 amide bonds. The summed E-state index contributed by atoms with van der Waals surface area (Å²) in [5.74, 6) is 0.338. The minimum Gasteiger partial charge on any atom is -0.327 e. The molecule has 1 atom stereocenters. The molecule has 0 saturated carbocycles. The van der Waals surface area contributed by atoms with Gasteiger partial charge in [0.25, 0.3) is 0 Å². The molecule has 0 aliphatic rings. The largest absolute Gasteiger partial charge is 0.327 e. The van der Waals surface area contributed by atoms with Gasteiger partial charge in [0, 0.05) is 18.9 Å². The van der Waals surface area contributed by atoms with Crippen molar-refractivity contribution in [3.8, 4) is 0 Å². The van der Waals surface area contributed by atoms with Crippen molar-refractivity contribution in [2.75, 3.05) is 0 Å². The molecule has 78 valence electrons. The molecule has 0 fully saturated rings. The zero-order chi connectivity index (χ0) is 10.1. The zero-order valence-electron chi connectivity index (χ0n) is 9.01. The average Bonchev–Trinajstić information content (AvgIpc) is 2.12.